The lowest BCUT2D eigenvalue weighted by atomic mass is 10.1. The molecule has 3 aliphatic rings. The third-order valence-corrected chi connectivity index (χ3v) is 4.52. The van der Waals surface area contributed by atoms with Gasteiger partial charge in [-0.3, -0.25) is 4.57 Å². The quantitative estimate of drug-likeness (QED) is 0.870. The number of aromatic nitrogens is 3. The van der Waals surface area contributed by atoms with Crippen molar-refractivity contribution in [1.29, 1.82) is 0 Å². The van der Waals surface area contributed by atoms with Crippen molar-refractivity contribution >= 4 is 6.01 Å². The monoisotopic (exact) mass is 309 g/mol. The number of anilines is 1. The molecule has 3 aliphatic heterocycles. The van der Waals surface area contributed by atoms with E-state index in [2.05, 4.69) is 20.0 Å². The summed E-state index contributed by atoms with van der Waals surface area (Å²) >= 11 is 0. The highest BCUT2D eigenvalue weighted by Gasteiger charge is 2.32. The molecular formula is C14H17F2N5O. The lowest BCUT2D eigenvalue weighted by Crippen LogP contribution is -2.38. The minimum Gasteiger partial charge on any atom is -0.402 e. The maximum atomic E-state index is 12.9. The summed E-state index contributed by atoms with van der Waals surface area (Å²) in [5, 5.41) is 8.05. The maximum Gasteiger partial charge on any atom is 0.319 e. The van der Waals surface area contributed by atoms with Gasteiger partial charge in [0.15, 0.2) is 0 Å². The normalized spacial score (nSPS) is 25.0. The molecule has 118 valence electrons. The second-order valence-corrected chi connectivity index (χ2v) is 5.73. The van der Waals surface area contributed by atoms with Gasteiger partial charge in [-0.15, -0.1) is 5.10 Å². The molecule has 3 fully saturated rings. The summed E-state index contributed by atoms with van der Waals surface area (Å²) in [7, 11) is 0. The van der Waals surface area contributed by atoms with Crippen LogP contribution in [0.4, 0.5) is 14.8 Å². The van der Waals surface area contributed by atoms with Gasteiger partial charge in [-0.1, -0.05) is 5.10 Å². The minimum absolute atomic E-state index is 0.138. The number of hydrogen-bond donors (Lipinski definition) is 0. The summed E-state index contributed by atoms with van der Waals surface area (Å²) in [5.41, 5.74) is 0.247. The van der Waals surface area contributed by atoms with Crippen molar-refractivity contribution in [2.75, 3.05) is 31.1 Å². The zero-order chi connectivity index (χ0) is 15.1. The van der Waals surface area contributed by atoms with Gasteiger partial charge in [0.2, 0.25) is 0 Å². The number of piperidine rings is 1. The fourth-order valence-corrected chi connectivity index (χ4v) is 3.32. The Kier molecular flexibility index (Phi) is 3.33. The second-order valence-electron chi connectivity index (χ2n) is 5.73. The Bertz CT molecular complexity index is 647. The number of alkyl halides is 2. The number of nitrogens with zero attached hydrogens (tertiary/aromatic N) is 5. The first-order valence-electron chi connectivity index (χ1n) is 7.50. The number of rotatable bonds is 3. The highest BCUT2D eigenvalue weighted by atomic mass is 19.3. The van der Waals surface area contributed by atoms with Gasteiger partial charge >= 0.3 is 12.6 Å². The lowest BCUT2D eigenvalue weighted by molar-refractivity contribution is 0.0719. The molecule has 2 bridgehead atoms. The lowest BCUT2D eigenvalue weighted by Gasteiger charge is -2.29. The molecule has 8 heteroatoms. The SMILES string of the molecule is FC(F)n1cccc1-c1nnc(N2CCN3CCC2CC3)o1. The zero-order valence-corrected chi connectivity index (χ0v) is 12.0. The van der Waals surface area contributed by atoms with Gasteiger partial charge < -0.3 is 14.2 Å². The fraction of sp³-hybridized carbons (Fsp3) is 0.571. The third-order valence-electron chi connectivity index (χ3n) is 4.52. The van der Waals surface area contributed by atoms with Crippen molar-refractivity contribution in [3.63, 3.8) is 0 Å². The molecule has 0 aromatic carbocycles. The first-order chi connectivity index (χ1) is 10.7. The van der Waals surface area contributed by atoms with Crippen molar-refractivity contribution in [1.82, 2.24) is 19.7 Å². The molecule has 2 aromatic heterocycles. The summed E-state index contributed by atoms with van der Waals surface area (Å²) in [6, 6.07) is 3.94. The van der Waals surface area contributed by atoms with E-state index >= 15 is 0 Å². The van der Waals surface area contributed by atoms with E-state index in [-0.39, 0.29) is 11.6 Å². The first-order valence-corrected chi connectivity index (χ1v) is 7.50. The van der Waals surface area contributed by atoms with Crippen molar-refractivity contribution in [2.24, 2.45) is 0 Å². The Morgan fingerprint density at radius 3 is 2.73 bits per heavy atom. The molecule has 6 nitrogen and oxygen atoms in total. The zero-order valence-electron chi connectivity index (χ0n) is 12.0. The summed E-state index contributed by atoms with van der Waals surface area (Å²) in [6.07, 6.45) is 3.46. The molecule has 0 radical (unpaired) electrons. The largest absolute Gasteiger partial charge is 0.402 e. The van der Waals surface area contributed by atoms with Gasteiger partial charge in [0.25, 0.3) is 5.89 Å². The molecular weight excluding hydrogens is 292 g/mol. The molecule has 0 N–H and O–H groups in total. The van der Waals surface area contributed by atoms with Crippen LogP contribution < -0.4 is 4.90 Å². The van der Waals surface area contributed by atoms with E-state index in [1.807, 2.05) is 0 Å². The van der Waals surface area contributed by atoms with E-state index in [9.17, 15) is 8.78 Å². The van der Waals surface area contributed by atoms with Crippen molar-refractivity contribution < 1.29 is 13.2 Å². The maximum absolute atomic E-state index is 12.9. The van der Waals surface area contributed by atoms with Crippen LogP contribution in [0, 0.1) is 0 Å². The Morgan fingerprint density at radius 2 is 1.95 bits per heavy atom. The Morgan fingerprint density at radius 1 is 1.14 bits per heavy atom. The van der Waals surface area contributed by atoms with Crippen molar-refractivity contribution in [3.05, 3.63) is 18.3 Å². The van der Waals surface area contributed by atoms with Gasteiger partial charge in [-0.25, -0.2) is 0 Å². The molecule has 0 spiro atoms. The second kappa shape index (κ2) is 5.35. The van der Waals surface area contributed by atoms with Gasteiger partial charge in [-0.2, -0.15) is 8.78 Å². The first kappa shape index (κ1) is 13.7. The van der Waals surface area contributed by atoms with Crippen LogP contribution >= 0.6 is 0 Å². The standard InChI is InChI=1S/C14H17F2N5O/c15-13(16)21-5-1-2-11(21)12-17-18-14(22-12)20-9-8-19-6-3-10(20)4-7-19/h1-2,5,10,13H,3-4,6-9H2. The molecule has 5 heterocycles. The third kappa shape index (κ3) is 2.27. The van der Waals surface area contributed by atoms with E-state index in [4.69, 9.17) is 4.42 Å². The van der Waals surface area contributed by atoms with E-state index in [0.717, 1.165) is 43.6 Å². The van der Waals surface area contributed by atoms with Crippen LogP contribution in [-0.4, -0.2) is 51.9 Å². The van der Waals surface area contributed by atoms with Crippen LogP contribution in [0.5, 0.6) is 0 Å². The van der Waals surface area contributed by atoms with Crippen LogP contribution in [0.1, 0.15) is 19.4 Å². The molecule has 22 heavy (non-hydrogen) atoms. The highest BCUT2D eigenvalue weighted by molar-refractivity contribution is 5.49. The van der Waals surface area contributed by atoms with E-state index in [1.165, 1.54) is 6.20 Å². The molecule has 0 atom stereocenters. The van der Waals surface area contributed by atoms with Gasteiger partial charge in [0.05, 0.1) is 0 Å². The van der Waals surface area contributed by atoms with Gasteiger partial charge in [0, 0.05) is 38.4 Å². The summed E-state index contributed by atoms with van der Waals surface area (Å²) in [6.45, 7) is 1.37. The Labute approximate surface area is 126 Å². The predicted molar refractivity (Wildman–Crippen MR) is 75.8 cm³/mol. The number of hydrogen-bond acceptors (Lipinski definition) is 5. The molecule has 0 saturated carbocycles. The van der Waals surface area contributed by atoms with Crippen LogP contribution in [0.25, 0.3) is 11.6 Å². The summed E-state index contributed by atoms with van der Waals surface area (Å²) in [5.74, 6) is 0.138. The predicted octanol–water partition coefficient (Wildman–Crippen LogP) is 2.22. The van der Waals surface area contributed by atoms with Crippen LogP contribution in [0.15, 0.2) is 22.7 Å². The van der Waals surface area contributed by atoms with E-state index in [0.29, 0.717) is 12.1 Å². The molecule has 0 amide bonds. The minimum atomic E-state index is -2.62. The molecule has 0 unspecified atom stereocenters. The number of fused-ring (bicyclic) bond motifs is 4. The average molecular weight is 309 g/mol. The van der Waals surface area contributed by atoms with Crippen LogP contribution in [0.3, 0.4) is 0 Å². The summed E-state index contributed by atoms with van der Waals surface area (Å²) < 4.78 is 32.4. The highest BCUT2D eigenvalue weighted by Crippen LogP contribution is 2.29. The summed E-state index contributed by atoms with van der Waals surface area (Å²) in [4.78, 5) is 4.55. The van der Waals surface area contributed by atoms with Gasteiger partial charge in [-0.05, 0) is 25.0 Å². The number of halogens is 2. The van der Waals surface area contributed by atoms with Crippen LogP contribution in [0.2, 0.25) is 0 Å². The van der Waals surface area contributed by atoms with E-state index < -0.39 is 6.55 Å². The average Bonchev–Trinajstić information content (AvgIpc) is 3.10. The molecule has 0 aliphatic carbocycles. The van der Waals surface area contributed by atoms with Crippen molar-refractivity contribution in [2.45, 2.75) is 25.4 Å². The Balaban J connectivity index is 1.62. The fourth-order valence-electron chi connectivity index (χ4n) is 3.32. The topological polar surface area (TPSA) is 50.3 Å². The van der Waals surface area contributed by atoms with Crippen molar-refractivity contribution in [3.8, 4) is 11.6 Å². The smallest absolute Gasteiger partial charge is 0.319 e. The molecule has 5 rings (SSSR count). The molecule has 3 saturated heterocycles. The van der Waals surface area contributed by atoms with Gasteiger partial charge in [0.1, 0.15) is 5.69 Å². The molecule has 2 aromatic rings. The van der Waals surface area contributed by atoms with Crippen LogP contribution in [-0.2, 0) is 0 Å². The Hall–Kier alpha value is -1.96. The van der Waals surface area contributed by atoms with E-state index in [1.54, 1.807) is 12.1 Å².